The molecule has 0 fully saturated rings. The lowest BCUT2D eigenvalue weighted by molar-refractivity contribution is 0.104. The van der Waals surface area contributed by atoms with E-state index in [4.69, 9.17) is 4.74 Å². The van der Waals surface area contributed by atoms with Gasteiger partial charge >= 0.3 is 0 Å². The molecule has 0 spiro atoms. The third kappa shape index (κ3) is 5.08. The van der Waals surface area contributed by atoms with Crippen molar-refractivity contribution in [3.05, 3.63) is 77.9 Å². The number of likely N-dealkylation sites (N-methyl/N-ethyl adjacent to an activating group) is 1. The molecule has 0 aliphatic carbocycles. The van der Waals surface area contributed by atoms with Crippen LogP contribution < -0.4 is 4.74 Å². The highest BCUT2D eigenvalue weighted by molar-refractivity contribution is 7.22. The Morgan fingerprint density at radius 1 is 0.971 bits per heavy atom. The van der Waals surface area contributed by atoms with Gasteiger partial charge in [0.15, 0.2) is 5.78 Å². The Labute approximate surface area is 203 Å². The highest BCUT2D eigenvalue weighted by atomic mass is 32.1. The third-order valence-electron chi connectivity index (χ3n) is 5.93. The van der Waals surface area contributed by atoms with Gasteiger partial charge in [0.1, 0.15) is 23.9 Å². The van der Waals surface area contributed by atoms with Crippen LogP contribution in [-0.2, 0) is 0 Å². The zero-order valence-electron chi connectivity index (χ0n) is 19.6. The van der Waals surface area contributed by atoms with Crippen LogP contribution in [0.4, 0.5) is 0 Å². The number of aromatic hydroxyl groups is 2. The third-order valence-corrected chi connectivity index (χ3v) is 7.13. The minimum absolute atomic E-state index is 0.0940. The van der Waals surface area contributed by atoms with Gasteiger partial charge in [-0.1, -0.05) is 6.92 Å². The Morgan fingerprint density at radius 2 is 1.65 bits per heavy atom. The van der Waals surface area contributed by atoms with Crippen molar-refractivity contribution in [3.8, 4) is 27.7 Å². The first-order chi connectivity index (χ1) is 16.4. The second-order valence-corrected chi connectivity index (χ2v) is 9.51. The van der Waals surface area contributed by atoms with E-state index < -0.39 is 0 Å². The Balaban J connectivity index is 1.61. The number of phenols is 2. The predicted molar refractivity (Wildman–Crippen MR) is 138 cm³/mol. The summed E-state index contributed by atoms with van der Waals surface area (Å²) in [5.41, 5.74) is 2.00. The van der Waals surface area contributed by atoms with E-state index in [1.54, 1.807) is 54.6 Å². The van der Waals surface area contributed by atoms with Crippen LogP contribution in [0.15, 0.2) is 66.7 Å². The van der Waals surface area contributed by atoms with Crippen molar-refractivity contribution in [2.75, 3.05) is 19.7 Å². The number of thiophene rings is 1. The number of fused-ring (bicyclic) bond motifs is 1. The zero-order valence-corrected chi connectivity index (χ0v) is 20.4. The van der Waals surface area contributed by atoms with Crippen LogP contribution in [0.25, 0.3) is 20.5 Å². The summed E-state index contributed by atoms with van der Waals surface area (Å²) in [4.78, 5) is 16.8. The van der Waals surface area contributed by atoms with Crippen LogP contribution in [0.3, 0.4) is 0 Å². The fraction of sp³-hybridized carbons (Fsp3) is 0.250. The number of ketones is 1. The van der Waals surface area contributed by atoms with Crippen LogP contribution in [0, 0.1) is 0 Å². The van der Waals surface area contributed by atoms with Gasteiger partial charge in [-0.3, -0.25) is 9.69 Å². The van der Waals surface area contributed by atoms with Gasteiger partial charge in [-0.2, -0.15) is 0 Å². The molecule has 0 atom stereocenters. The smallest absolute Gasteiger partial charge is 0.195 e. The average molecular weight is 476 g/mol. The van der Waals surface area contributed by atoms with Gasteiger partial charge in [-0.05, 0) is 92.7 Å². The van der Waals surface area contributed by atoms with E-state index in [1.807, 2.05) is 12.1 Å². The number of hydrogen-bond donors (Lipinski definition) is 2. The fourth-order valence-electron chi connectivity index (χ4n) is 4.04. The molecule has 1 aromatic heterocycles. The molecule has 5 nitrogen and oxygen atoms in total. The molecule has 0 saturated carbocycles. The number of nitrogens with zero attached hydrogens (tertiary/aromatic N) is 1. The number of benzene rings is 3. The monoisotopic (exact) mass is 475 g/mol. The summed E-state index contributed by atoms with van der Waals surface area (Å²) in [7, 11) is 0. The summed E-state index contributed by atoms with van der Waals surface area (Å²) in [6.45, 7) is 8.89. The van der Waals surface area contributed by atoms with Crippen LogP contribution >= 0.6 is 11.3 Å². The van der Waals surface area contributed by atoms with Gasteiger partial charge in [-0.25, -0.2) is 0 Å². The first kappa shape index (κ1) is 23.8. The average Bonchev–Trinajstić information content (AvgIpc) is 3.20. The molecule has 3 aromatic carbocycles. The molecule has 4 rings (SSSR count). The second-order valence-electron chi connectivity index (χ2n) is 8.46. The first-order valence-electron chi connectivity index (χ1n) is 11.4. The standard InChI is InChI=1S/C28H29NO4S/c1-4-29(18(2)3)15-16-33-23-12-7-19(8-13-23)27(32)26-24-14-11-22(31)17-25(24)34-28(26)20-5-9-21(30)10-6-20/h5-14,17-18,30-31H,4,15-16H2,1-3H3. The number of ether oxygens (including phenoxy) is 1. The molecule has 0 bridgehead atoms. The normalized spacial score (nSPS) is 11.4. The fourth-order valence-corrected chi connectivity index (χ4v) is 5.27. The lowest BCUT2D eigenvalue weighted by atomic mass is 9.97. The first-order valence-corrected chi connectivity index (χ1v) is 12.3. The SMILES string of the molecule is CCN(CCOc1ccc(C(=O)c2c(-c3ccc(O)cc3)sc3cc(O)ccc23)cc1)C(C)C. The summed E-state index contributed by atoms with van der Waals surface area (Å²) >= 11 is 1.45. The molecule has 0 saturated heterocycles. The number of carbonyl (C=O) groups is 1. The lowest BCUT2D eigenvalue weighted by Gasteiger charge is -2.24. The van der Waals surface area contributed by atoms with Crippen molar-refractivity contribution in [3.63, 3.8) is 0 Å². The second kappa shape index (κ2) is 10.3. The highest BCUT2D eigenvalue weighted by Gasteiger charge is 2.22. The Kier molecular flexibility index (Phi) is 7.20. The number of hydrogen-bond acceptors (Lipinski definition) is 6. The van der Waals surface area contributed by atoms with Crippen molar-refractivity contribution in [2.45, 2.75) is 26.8 Å². The number of carbonyl (C=O) groups excluding carboxylic acids is 1. The van der Waals surface area contributed by atoms with Crippen LogP contribution in [0.5, 0.6) is 17.2 Å². The molecule has 176 valence electrons. The van der Waals surface area contributed by atoms with E-state index in [2.05, 4.69) is 25.7 Å². The molecule has 6 heteroatoms. The van der Waals surface area contributed by atoms with E-state index in [-0.39, 0.29) is 17.3 Å². The van der Waals surface area contributed by atoms with Crippen LogP contribution in [0.1, 0.15) is 36.7 Å². The summed E-state index contributed by atoms with van der Waals surface area (Å²) in [5.74, 6) is 0.964. The minimum atomic E-state index is -0.0940. The summed E-state index contributed by atoms with van der Waals surface area (Å²) in [6.07, 6.45) is 0. The lowest BCUT2D eigenvalue weighted by Crippen LogP contribution is -2.34. The van der Waals surface area contributed by atoms with Gasteiger partial charge < -0.3 is 14.9 Å². The van der Waals surface area contributed by atoms with Gasteiger partial charge in [-0.15, -0.1) is 11.3 Å². The largest absolute Gasteiger partial charge is 0.508 e. The van der Waals surface area contributed by atoms with E-state index in [0.717, 1.165) is 39.4 Å². The van der Waals surface area contributed by atoms with Gasteiger partial charge in [0.2, 0.25) is 0 Å². The molecular formula is C28H29NO4S. The van der Waals surface area contributed by atoms with E-state index in [0.29, 0.717) is 23.8 Å². The quantitative estimate of drug-likeness (QED) is 0.277. The number of rotatable bonds is 9. The molecule has 0 radical (unpaired) electrons. The Hall–Kier alpha value is -3.35. The predicted octanol–water partition coefficient (Wildman–Crippen LogP) is 6.32. The van der Waals surface area contributed by atoms with Gasteiger partial charge in [0.05, 0.1) is 0 Å². The molecule has 0 aliphatic rings. The van der Waals surface area contributed by atoms with Gasteiger partial charge in [0, 0.05) is 38.7 Å². The topological polar surface area (TPSA) is 70.0 Å². The maximum atomic E-state index is 13.6. The van der Waals surface area contributed by atoms with E-state index >= 15 is 0 Å². The summed E-state index contributed by atoms with van der Waals surface area (Å²) in [6, 6.07) is 19.6. The number of phenolic OH excluding ortho intramolecular Hbond substituents is 2. The summed E-state index contributed by atoms with van der Waals surface area (Å²) in [5, 5.41) is 20.4. The van der Waals surface area contributed by atoms with Crippen molar-refractivity contribution in [1.82, 2.24) is 4.90 Å². The maximum absolute atomic E-state index is 13.6. The molecule has 4 aromatic rings. The molecule has 2 N–H and O–H groups in total. The van der Waals surface area contributed by atoms with E-state index in [9.17, 15) is 15.0 Å². The molecular weight excluding hydrogens is 446 g/mol. The van der Waals surface area contributed by atoms with Crippen LogP contribution in [-0.4, -0.2) is 46.6 Å². The Morgan fingerprint density at radius 3 is 2.29 bits per heavy atom. The molecule has 1 heterocycles. The van der Waals surface area contributed by atoms with Crippen molar-refractivity contribution >= 4 is 27.2 Å². The van der Waals surface area contributed by atoms with Gasteiger partial charge in [0.25, 0.3) is 0 Å². The van der Waals surface area contributed by atoms with E-state index in [1.165, 1.54) is 11.3 Å². The maximum Gasteiger partial charge on any atom is 0.195 e. The molecule has 0 unspecified atom stereocenters. The van der Waals surface area contributed by atoms with Crippen molar-refractivity contribution in [2.24, 2.45) is 0 Å². The molecule has 0 aliphatic heterocycles. The van der Waals surface area contributed by atoms with Crippen molar-refractivity contribution in [1.29, 1.82) is 0 Å². The van der Waals surface area contributed by atoms with Crippen LogP contribution in [0.2, 0.25) is 0 Å². The molecule has 0 amide bonds. The van der Waals surface area contributed by atoms with Crippen molar-refractivity contribution < 1.29 is 19.7 Å². The minimum Gasteiger partial charge on any atom is -0.508 e. The summed E-state index contributed by atoms with van der Waals surface area (Å²) < 4.78 is 6.73. The molecule has 34 heavy (non-hydrogen) atoms. The highest BCUT2D eigenvalue weighted by Crippen LogP contribution is 2.41. The zero-order chi connectivity index (χ0) is 24.2. The Bertz CT molecular complexity index is 1280.